The number of carbonyl (C=O) groups is 1. The summed E-state index contributed by atoms with van der Waals surface area (Å²) in [6.45, 7) is 8.39. The normalized spacial score (nSPS) is 29.6. The van der Waals surface area contributed by atoms with Crippen LogP contribution in [0.25, 0.3) is 0 Å². The van der Waals surface area contributed by atoms with Crippen LogP contribution in [0, 0.1) is 17.8 Å². The van der Waals surface area contributed by atoms with E-state index in [9.17, 15) is 4.79 Å². The molecule has 1 rings (SSSR count). The average molecular weight is 240 g/mol. The summed E-state index contributed by atoms with van der Waals surface area (Å²) in [7, 11) is 0. The summed E-state index contributed by atoms with van der Waals surface area (Å²) in [5.41, 5.74) is 0. The zero-order valence-corrected chi connectivity index (χ0v) is 11.3. The Kier molecular flexibility index (Phi) is 5.52. The van der Waals surface area contributed by atoms with E-state index >= 15 is 0 Å². The smallest absolute Gasteiger partial charge is 0.430 e. The Hall–Kier alpha value is -0.990. The summed E-state index contributed by atoms with van der Waals surface area (Å²) < 4.78 is 10.2. The van der Waals surface area contributed by atoms with Crippen molar-refractivity contribution in [2.24, 2.45) is 17.8 Å². The lowest BCUT2D eigenvalue weighted by molar-refractivity contribution is -0.0199. The van der Waals surface area contributed by atoms with E-state index in [-0.39, 0.29) is 6.10 Å². The Morgan fingerprint density at radius 2 is 2.06 bits per heavy atom. The van der Waals surface area contributed by atoms with Gasteiger partial charge in [0.25, 0.3) is 0 Å². The highest BCUT2D eigenvalue weighted by Crippen LogP contribution is 2.35. The highest BCUT2D eigenvalue weighted by molar-refractivity contribution is 5.60. The molecule has 98 valence electrons. The predicted octanol–water partition coefficient (Wildman–Crippen LogP) is 4.13. The molecule has 1 fully saturated rings. The first-order valence-electron chi connectivity index (χ1n) is 6.53. The average Bonchev–Trinajstić information content (AvgIpc) is 2.26. The summed E-state index contributed by atoms with van der Waals surface area (Å²) in [5.74, 6) is 1.64. The number of carbonyl (C=O) groups excluding carboxylic acids is 1. The van der Waals surface area contributed by atoms with Gasteiger partial charge in [-0.1, -0.05) is 33.3 Å². The van der Waals surface area contributed by atoms with Crippen LogP contribution in [0.2, 0.25) is 0 Å². The molecule has 1 saturated carbocycles. The molecular weight excluding hydrogens is 216 g/mol. The van der Waals surface area contributed by atoms with Gasteiger partial charge in [-0.25, -0.2) is 4.79 Å². The Balaban J connectivity index is 2.54. The minimum absolute atomic E-state index is 0.0107. The molecule has 0 heterocycles. The molecule has 3 nitrogen and oxygen atoms in total. The molecule has 0 bridgehead atoms. The molecule has 0 aliphatic heterocycles. The summed E-state index contributed by atoms with van der Waals surface area (Å²) >= 11 is 0. The van der Waals surface area contributed by atoms with Crippen molar-refractivity contribution < 1.29 is 14.3 Å². The van der Waals surface area contributed by atoms with Gasteiger partial charge in [0, 0.05) is 0 Å². The first-order valence-corrected chi connectivity index (χ1v) is 6.53. The first kappa shape index (κ1) is 14.1. The Labute approximate surface area is 104 Å². The molecule has 1 aliphatic rings. The SMILES string of the molecule is CC=COC(=O)O[C@@H]1C[C@H](C)CC[C@H]1C(C)C. The van der Waals surface area contributed by atoms with Gasteiger partial charge >= 0.3 is 6.16 Å². The van der Waals surface area contributed by atoms with Crippen LogP contribution in [0.4, 0.5) is 4.79 Å². The maximum absolute atomic E-state index is 11.4. The molecule has 0 aromatic rings. The molecule has 1 aliphatic carbocycles. The van der Waals surface area contributed by atoms with E-state index in [1.165, 1.54) is 12.7 Å². The molecule has 3 heteroatoms. The second-order valence-corrected chi connectivity index (χ2v) is 5.32. The third-order valence-electron chi connectivity index (χ3n) is 3.51. The summed E-state index contributed by atoms with van der Waals surface area (Å²) in [5, 5.41) is 0. The van der Waals surface area contributed by atoms with Gasteiger partial charge in [0.1, 0.15) is 6.10 Å². The third-order valence-corrected chi connectivity index (χ3v) is 3.51. The van der Waals surface area contributed by atoms with Gasteiger partial charge in [0.15, 0.2) is 0 Å². The van der Waals surface area contributed by atoms with Crippen LogP contribution in [0.1, 0.15) is 47.0 Å². The van der Waals surface area contributed by atoms with Crippen LogP contribution < -0.4 is 0 Å². The standard InChI is InChI=1S/C14H24O3/c1-5-8-16-14(15)17-13-9-11(4)6-7-12(13)10(2)3/h5,8,10-13H,6-7,9H2,1-4H3/t11-,12+,13-/m1/s1. The number of ether oxygens (including phenoxy) is 2. The van der Waals surface area contributed by atoms with Gasteiger partial charge in [-0.05, 0) is 37.5 Å². The highest BCUT2D eigenvalue weighted by Gasteiger charge is 2.33. The summed E-state index contributed by atoms with van der Waals surface area (Å²) in [4.78, 5) is 11.4. The number of allylic oxidation sites excluding steroid dienone is 1. The van der Waals surface area contributed by atoms with Crippen molar-refractivity contribution in [3.05, 3.63) is 12.3 Å². The fourth-order valence-electron chi connectivity index (χ4n) is 2.53. The number of hydrogen-bond acceptors (Lipinski definition) is 3. The maximum Gasteiger partial charge on any atom is 0.513 e. The lowest BCUT2D eigenvalue weighted by Crippen LogP contribution is -2.35. The van der Waals surface area contributed by atoms with Gasteiger partial charge in [0.05, 0.1) is 6.26 Å². The Morgan fingerprint density at radius 1 is 1.35 bits per heavy atom. The van der Waals surface area contributed by atoms with Crippen LogP contribution in [-0.2, 0) is 9.47 Å². The Bertz CT molecular complexity index is 271. The lowest BCUT2D eigenvalue weighted by atomic mass is 9.75. The zero-order valence-electron chi connectivity index (χ0n) is 11.3. The van der Waals surface area contributed by atoms with Crippen molar-refractivity contribution >= 4 is 6.16 Å². The van der Waals surface area contributed by atoms with E-state index in [0.29, 0.717) is 17.8 Å². The molecule has 0 unspecified atom stereocenters. The molecule has 0 N–H and O–H groups in total. The van der Waals surface area contributed by atoms with E-state index in [1.807, 2.05) is 0 Å². The summed E-state index contributed by atoms with van der Waals surface area (Å²) in [6, 6.07) is 0. The molecule has 0 aromatic heterocycles. The fourth-order valence-corrected chi connectivity index (χ4v) is 2.53. The largest absolute Gasteiger partial charge is 0.513 e. The van der Waals surface area contributed by atoms with Gasteiger partial charge in [-0.15, -0.1) is 0 Å². The van der Waals surface area contributed by atoms with Crippen LogP contribution >= 0.6 is 0 Å². The molecule has 17 heavy (non-hydrogen) atoms. The number of rotatable bonds is 3. The van der Waals surface area contributed by atoms with Crippen molar-refractivity contribution in [3.63, 3.8) is 0 Å². The minimum Gasteiger partial charge on any atom is -0.430 e. The third kappa shape index (κ3) is 4.41. The minimum atomic E-state index is -0.576. The first-order chi connectivity index (χ1) is 8.04. The van der Waals surface area contributed by atoms with Crippen molar-refractivity contribution in [3.8, 4) is 0 Å². The monoisotopic (exact) mass is 240 g/mol. The highest BCUT2D eigenvalue weighted by atomic mass is 16.7. The van der Waals surface area contributed by atoms with Crippen LogP contribution in [0.3, 0.4) is 0 Å². The quantitative estimate of drug-likeness (QED) is 0.549. The van der Waals surface area contributed by atoms with Crippen LogP contribution in [0.15, 0.2) is 12.3 Å². The van der Waals surface area contributed by atoms with Gasteiger partial charge in [0.2, 0.25) is 0 Å². The molecule has 0 radical (unpaired) electrons. The van der Waals surface area contributed by atoms with Gasteiger partial charge in [-0.2, -0.15) is 0 Å². The molecule has 0 spiro atoms. The number of hydrogen-bond donors (Lipinski definition) is 0. The molecule has 0 amide bonds. The van der Waals surface area contributed by atoms with Crippen molar-refractivity contribution in [2.45, 2.75) is 53.1 Å². The molecular formula is C14H24O3. The van der Waals surface area contributed by atoms with E-state index in [1.54, 1.807) is 13.0 Å². The lowest BCUT2D eigenvalue weighted by Gasteiger charge is -2.36. The van der Waals surface area contributed by atoms with Gasteiger partial charge in [-0.3, -0.25) is 0 Å². The maximum atomic E-state index is 11.4. The van der Waals surface area contributed by atoms with E-state index in [2.05, 4.69) is 20.8 Å². The van der Waals surface area contributed by atoms with Crippen LogP contribution in [-0.4, -0.2) is 12.3 Å². The molecule has 3 atom stereocenters. The van der Waals surface area contributed by atoms with E-state index in [0.717, 1.165) is 12.8 Å². The fraction of sp³-hybridized carbons (Fsp3) is 0.786. The van der Waals surface area contributed by atoms with Crippen molar-refractivity contribution in [2.75, 3.05) is 0 Å². The molecule has 0 aromatic carbocycles. The van der Waals surface area contributed by atoms with E-state index < -0.39 is 6.16 Å². The van der Waals surface area contributed by atoms with Crippen LogP contribution in [0.5, 0.6) is 0 Å². The summed E-state index contributed by atoms with van der Waals surface area (Å²) in [6.07, 6.45) is 5.79. The second kappa shape index (κ2) is 6.67. The molecule has 0 saturated heterocycles. The predicted molar refractivity (Wildman–Crippen MR) is 67.5 cm³/mol. The second-order valence-electron chi connectivity index (χ2n) is 5.32. The van der Waals surface area contributed by atoms with E-state index in [4.69, 9.17) is 9.47 Å². The zero-order chi connectivity index (χ0) is 12.8. The Morgan fingerprint density at radius 3 is 2.65 bits per heavy atom. The van der Waals surface area contributed by atoms with Crippen molar-refractivity contribution in [1.82, 2.24) is 0 Å². The topological polar surface area (TPSA) is 35.5 Å². The van der Waals surface area contributed by atoms with Crippen molar-refractivity contribution in [1.29, 1.82) is 0 Å². The van der Waals surface area contributed by atoms with Gasteiger partial charge < -0.3 is 9.47 Å².